The van der Waals surface area contributed by atoms with Gasteiger partial charge in [-0.15, -0.1) is 0 Å². The standard InChI is InChI=1S/C18H17F3N2O4/c19-18(20,21)17(24)15-5-4-13(16(15)22-6-8-27-9-7-22)10-12-2-1-3-14(11-12)23(25)26/h1-3,10-11H,4-9H2. The third kappa shape index (κ3) is 4.19. The molecule has 1 aliphatic carbocycles. The number of hydrogen-bond donors (Lipinski definition) is 0. The first-order valence-corrected chi connectivity index (χ1v) is 8.40. The molecule has 2 aliphatic rings. The lowest BCUT2D eigenvalue weighted by atomic mass is 10.1. The van der Waals surface area contributed by atoms with Crippen molar-refractivity contribution in [3.8, 4) is 0 Å². The van der Waals surface area contributed by atoms with Crippen LogP contribution in [0.3, 0.4) is 0 Å². The number of carbonyl (C=O) groups excluding carboxylic acids is 1. The van der Waals surface area contributed by atoms with Gasteiger partial charge >= 0.3 is 6.18 Å². The molecule has 0 N–H and O–H groups in total. The minimum Gasteiger partial charge on any atom is -0.378 e. The van der Waals surface area contributed by atoms with Gasteiger partial charge in [-0.25, -0.2) is 0 Å². The molecule has 0 spiro atoms. The summed E-state index contributed by atoms with van der Waals surface area (Å²) >= 11 is 0. The Morgan fingerprint density at radius 1 is 1.22 bits per heavy atom. The number of non-ortho nitro benzene ring substituents is 1. The smallest absolute Gasteiger partial charge is 0.378 e. The van der Waals surface area contributed by atoms with Gasteiger partial charge in [0.2, 0.25) is 0 Å². The van der Waals surface area contributed by atoms with Gasteiger partial charge in [-0.1, -0.05) is 12.1 Å². The lowest BCUT2D eigenvalue weighted by molar-refractivity contribution is -0.384. The van der Waals surface area contributed by atoms with Gasteiger partial charge in [0.25, 0.3) is 11.5 Å². The van der Waals surface area contributed by atoms with Crippen molar-refractivity contribution < 1.29 is 27.6 Å². The van der Waals surface area contributed by atoms with Crippen molar-refractivity contribution in [3.63, 3.8) is 0 Å². The zero-order valence-corrected chi connectivity index (χ0v) is 14.3. The predicted molar refractivity (Wildman–Crippen MR) is 90.8 cm³/mol. The number of carbonyl (C=O) groups is 1. The number of allylic oxidation sites excluding steroid dienone is 2. The molecule has 0 amide bonds. The minimum absolute atomic E-state index is 0.00814. The van der Waals surface area contributed by atoms with Crippen LogP contribution in [0.15, 0.2) is 41.1 Å². The predicted octanol–water partition coefficient (Wildman–Crippen LogP) is 3.49. The van der Waals surface area contributed by atoms with Crippen molar-refractivity contribution in [2.75, 3.05) is 26.3 Å². The van der Waals surface area contributed by atoms with E-state index in [9.17, 15) is 28.1 Å². The second-order valence-corrected chi connectivity index (χ2v) is 6.28. The Kier molecular flexibility index (Phi) is 5.31. The number of ketones is 1. The molecule has 0 atom stereocenters. The summed E-state index contributed by atoms with van der Waals surface area (Å²) in [4.78, 5) is 24.0. The van der Waals surface area contributed by atoms with Crippen LogP contribution in [0, 0.1) is 10.1 Å². The van der Waals surface area contributed by atoms with Crippen LogP contribution in [0.25, 0.3) is 6.08 Å². The highest BCUT2D eigenvalue weighted by atomic mass is 19.4. The second kappa shape index (κ2) is 7.51. The van der Waals surface area contributed by atoms with Crippen LogP contribution in [0.1, 0.15) is 18.4 Å². The van der Waals surface area contributed by atoms with E-state index in [1.807, 2.05) is 0 Å². The fraction of sp³-hybridized carbons (Fsp3) is 0.389. The monoisotopic (exact) mass is 382 g/mol. The Balaban J connectivity index is 2.03. The lowest BCUT2D eigenvalue weighted by Gasteiger charge is -2.31. The van der Waals surface area contributed by atoms with Gasteiger partial charge in [0.15, 0.2) is 0 Å². The van der Waals surface area contributed by atoms with E-state index >= 15 is 0 Å². The number of benzene rings is 1. The summed E-state index contributed by atoms with van der Waals surface area (Å²) in [6.07, 6.45) is -3.05. The Morgan fingerprint density at radius 2 is 1.93 bits per heavy atom. The highest BCUT2D eigenvalue weighted by Crippen LogP contribution is 2.39. The number of Topliss-reactive ketones (excluding diaryl/α,β-unsaturated/α-hetero) is 1. The van der Waals surface area contributed by atoms with Crippen LogP contribution in [0.4, 0.5) is 18.9 Å². The molecule has 1 saturated heterocycles. The van der Waals surface area contributed by atoms with Gasteiger partial charge in [0.1, 0.15) is 0 Å². The second-order valence-electron chi connectivity index (χ2n) is 6.28. The highest BCUT2D eigenvalue weighted by Gasteiger charge is 2.44. The molecule has 1 aromatic rings. The molecule has 1 fully saturated rings. The summed E-state index contributed by atoms with van der Waals surface area (Å²) in [5.74, 6) is -1.83. The summed E-state index contributed by atoms with van der Waals surface area (Å²) in [5, 5.41) is 10.9. The summed E-state index contributed by atoms with van der Waals surface area (Å²) in [5.41, 5.74) is 1.01. The Bertz CT molecular complexity index is 824. The maximum absolute atomic E-state index is 13.0. The summed E-state index contributed by atoms with van der Waals surface area (Å²) < 4.78 is 44.3. The highest BCUT2D eigenvalue weighted by molar-refractivity contribution is 6.01. The Morgan fingerprint density at radius 3 is 2.56 bits per heavy atom. The third-order valence-corrected chi connectivity index (χ3v) is 4.52. The molecule has 0 bridgehead atoms. The van der Waals surface area contributed by atoms with Crippen LogP contribution in [-0.4, -0.2) is 48.1 Å². The average Bonchev–Trinajstić information content (AvgIpc) is 3.04. The molecule has 27 heavy (non-hydrogen) atoms. The summed E-state index contributed by atoms with van der Waals surface area (Å²) in [7, 11) is 0. The molecule has 1 aliphatic heterocycles. The van der Waals surface area contributed by atoms with Gasteiger partial charge in [-0.3, -0.25) is 14.9 Å². The average molecular weight is 382 g/mol. The molecule has 1 aromatic carbocycles. The van der Waals surface area contributed by atoms with Crippen molar-refractivity contribution in [2.45, 2.75) is 19.0 Å². The number of nitrogens with zero attached hydrogens (tertiary/aromatic N) is 2. The molecule has 6 nitrogen and oxygen atoms in total. The van der Waals surface area contributed by atoms with Crippen LogP contribution >= 0.6 is 0 Å². The molecular weight excluding hydrogens is 365 g/mol. The van der Waals surface area contributed by atoms with Crippen molar-refractivity contribution in [1.29, 1.82) is 0 Å². The molecular formula is C18H17F3N2O4. The van der Waals surface area contributed by atoms with Crippen molar-refractivity contribution in [2.24, 2.45) is 0 Å². The van der Waals surface area contributed by atoms with Crippen molar-refractivity contribution in [1.82, 2.24) is 4.90 Å². The first-order valence-electron chi connectivity index (χ1n) is 8.40. The zero-order chi connectivity index (χ0) is 19.6. The normalized spacial score (nSPS) is 19.7. The van der Waals surface area contributed by atoms with E-state index in [2.05, 4.69) is 0 Å². The number of nitro benzene ring substituents is 1. The quantitative estimate of drug-likeness (QED) is 0.589. The first kappa shape index (κ1) is 19.1. The topological polar surface area (TPSA) is 72.7 Å². The Hall–Kier alpha value is -2.68. The van der Waals surface area contributed by atoms with E-state index in [4.69, 9.17) is 4.74 Å². The molecule has 0 aromatic heterocycles. The van der Waals surface area contributed by atoms with Crippen LogP contribution < -0.4 is 0 Å². The van der Waals surface area contributed by atoms with Crippen LogP contribution in [0.2, 0.25) is 0 Å². The lowest BCUT2D eigenvalue weighted by Crippen LogP contribution is -2.37. The number of rotatable bonds is 4. The number of nitro groups is 1. The van der Waals surface area contributed by atoms with Gasteiger partial charge < -0.3 is 9.64 Å². The molecule has 0 radical (unpaired) electrons. The molecule has 3 rings (SSSR count). The van der Waals surface area contributed by atoms with E-state index in [1.165, 1.54) is 18.2 Å². The zero-order valence-electron chi connectivity index (χ0n) is 14.3. The van der Waals surface area contributed by atoms with Crippen LogP contribution in [-0.2, 0) is 9.53 Å². The number of alkyl halides is 3. The van der Waals surface area contributed by atoms with E-state index in [0.717, 1.165) is 0 Å². The maximum Gasteiger partial charge on any atom is 0.454 e. The van der Waals surface area contributed by atoms with Gasteiger partial charge in [-0.05, 0) is 30.1 Å². The first-order chi connectivity index (χ1) is 12.8. The SMILES string of the molecule is O=C(C1=C(N2CCOCC2)C(=Cc2cccc([N+](=O)[O-])c2)CC1)C(F)(F)F. The molecule has 9 heteroatoms. The molecule has 1 heterocycles. The molecule has 144 valence electrons. The fourth-order valence-corrected chi connectivity index (χ4v) is 3.33. The number of morpholine rings is 1. The van der Waals surface area contributed by atoms with Crippen molar-refractivity contribution >= 4 is 17.5 Å². The van der Waals surface area contributed by atoms with Gasteiger partial charge in [-0.2, -0.15) is 13.2 Å². The van der Waals surface area contributed by atoms with E-state index in [-0.39, 0.29) is 29.8 Å². The van der Waals surface area contributed by atoms with E-state index in [1.54, 1.807) is 17.0 Å². The fourth-order valence-electron chi connectivity index (χ4n) is 3.33. The third-order valence-electron chi connectivity index (χ3n) is 4.52. The summed E-state index contributed by atoms with van der Waals surface area (Å²) in [6, 6.07) is 5.85. The summed E-state index contributed by atoms with van der Waals surface area (Å²) in [6.45, 7) is 1.49. The van der Waals surface area contributed by atoms with Gasteiger partial charge in [0.05, 0.1) is 18.1 Å². The van der Waals surface area contributed by atoms with Crippen molar-refractivity contribution in [3.05, 3.63) is 56.8 Å². The number of hydrogen-bond acceptors (Lipinski definition) is 5. The number of ether oxygens (including phenoxy) is 1. The largest absolute Gasteiger partial charge is 0.454 e. The molecule has 0 unspecified atom stereocenters. The van der Waals surface area contributed by atoms with E-state index < -0.39 is 16.9 Å². The maximum atomic E-state index is 13.0. The molecule has 0 saturated carbocycles. The number of halogens is 3. The van der Waals surface area contributed by atoms with Gasteiger partial charge in [0, 0.05) is 36.5 Å². The Labute approximate surface area is 153 Å². The van der Waals surface area contributed by atoms with E-state index in [0.29, 0.717) is 37.4 Å². The minimum atomic E-state index is -4.94. The van der Waals surface area contributed by atoms with Crippen LogP contribution in [0.5, 0.6) is 0 Å².